The summed E-state index contributed by atoms with van der Waals surface area (Å²) in [7, 11) is 0. The van der Waals surface area contributed by atoms with E-state index in [1.54, 1.807) is 0 Å². The molecule has 0 amide bonds. The van der Waals surface area contributed by atoms with Gasteiger partial charge in [0.2, 0.25) is 0 Å². The molecular weight excluding hydrogens is 769 g/mol. The van der Waals surface area contributed by atoms with Crippen LogP contribution < -0.4 is 0 Å². The minimum Gasteiger partial charge on any atom is -0.462 e. The van der Waals surface area contributed by atoms with Gasteiger partial charge in [-0.2, -0.15) is 0 Å². The van der Waals surface area contributed by atoms with Crippen LogP contribution in [0.15, 0.2) is 48.6 Å². The summed E-state index contributed by atoms with van der Waals surface area (Å²) in [5.74, 6) is -0.939. The van der Waals surface area contributed by atoms with Crippen molar-refractivity contribution in [2.24, 2.45) is 0 Å². The quantitative estimate of drug-likeness (QED) is 0.0262. The smallest absolute Gasteiger partial charge is 0.306 e. The highest BCUT2D eigenvalue weighted by atomic mass is 16.6. The zero-order valence-corrected chi connectivity index (χ0v) is 41.1. The van der Waals surface area contributed by atoms with Crippen molar-refractivity contribution in [3.05, 3.63) is 48.6 Å². The highest BCUT2D eigenvalue weighted by Crippen LogP contribution is 2.15. The second kappa shape index (κ2) is 51.0. The summed E-state index contributed by atoms with van der Waals surface area (Å²) in [6, 6.07) is 0. The van der Waals surface area contributed by atoms with Crippen LogP contribution in [0.2, 0.25) is 0 Å². The number of allylic oxidation sites excluding steroid dienone is 8. The first-order valence-electron chi connectivity index (χ1n) is 26.6. The van der Waals surface area contributed by atoms with Gasteiger partial charge in [-0.05, 0) is 77.0 Å². The molecule has 0 aliphatic rings. The third-order valence-electron chi connectivity index (χ3n) is 11.6. The average Bonchev–Trinajstić information content (AvgIpc) is 3.27. The first-order chi connectivity index (χ1) is 30.5. The fourth-order valence-electron chi connectivity index (χ4n) is 7.51. The van der Waals surface area contributed by atoms with Gasteiger partial charge in [-0.25, -0.2) is 0 Å². The van der Waals surface area contributed by atoms with E-state index in [1.807, 2.05) is 0 Å². The van der Waals surface area contributed by atoms with Crippen molar-refractivity contribution in [3.8, 4) is 0 Å². The molecule has 62 heavy (non-hydrogen) atoms. The van der Waals surface area contributed by atoms with Crippen molar-refractivity contribution in [1.82, 2.24) is 0 Å². The summed E-state index contributed by atoms with van der Waals surface area (Å²) in [5.41, 5.74) is 0. The largest absolute Gasteiger partial charge is 0.462 e. The SMILES string of the molecule is CCCCCC/C=C\CCCCCCCCCC(=O)OC(COC(=O)CCC/C=C\C/C=C\C/C=C\CCCCCCCC)COC(=O)CCCCCCCCCCCCCC. The third-order valence-corrected chi connectivity index (χ3v) is 11.6. The van der Waals surface area contributed by atoms with E-state index in [9.17, 15) is 14.4 Å². The Bertz CT molecular complexity index is 1090. The predicted molar refractivity (Wildman–Crippen MR) is 265 cm³/mol. The van der Waals surface area contributed by atoms with Crippen molar-refractivity contribution < 1.29 is 28.6 Å². The van der Waals surface area contributed by atoms with Gasteiger partial charge in [-0.3, -0.25) is 14.4 Å². The Morgan fingerprint density at radius 3 is 1.00 bits per heavy atom. The minimum atomic E-state index is -0.792. The lowest BCUT2D eigenvalue weighted by Gasteiger charge is -2.18. The molecule has 360 valence electrons. The number of carbonyl (C=O) groups is 3. The molecule has 0 rings (SSSR count). The lowest BCUT2D eigenvalue weighted by atomic mass is 10.0. The summed E-state index contributed by atoms with van der Waals surface area (Å²) >= 11 is 0. The van der Waals surface area contributed by atoms with Gasteiger partial charge < -0.3 is 14.2 Å². The topological polar surface area (TPSA) is 78.9 Å². The van der Waals surface area contributed by atoms with Crippen LogP contribution in [0.5, 0.6) is 0 Å². The molecule has 0 spiro atoms. The summed E-state index contributed by atoms with van der Waals surface area (Å²) < 4.78 is 16.8. The normalized spacial score (nSPS) is 12.4. The van der Waals surface area contributed by atoms with Crippen molar-refractivity contribution >= 4 is 17.9 Å². The van der Waals surface area contributed by atoms with Crippen LogP contribution in [0.4, 0.5) is 0 Å². The maximum absolute atomic E-state index is 12.8. The van der Waals surface area contributed by atoms with Crippen molar-refractivity contribution in [3.63, 3.8) is 0 Å². The van der Waals surface area contributed by atoms with Crippen LogP contribution in [0.25, 0.3) is 0 Å². The van der Waals surface area contributed by atoms with Crippen LogP contribution in [-0.4, -0.2) is 37.2 Å². The molecule has 0 bridgehead atoms. The van der Waals surface area contributed by atoms with Crippen molar-refractivity contribution in [1.29, 1.82) is 0 Å². The van der Waals surface area contributed by atoms with Gasteiger partial charge in [0.05, 0.1) is 0 Å². The summed E-state index contributed by atoms with van der Waals surface area (Å²) in [6.45, 7) is 6.58. The third kappa shape index (κ3) is 48.4. The van der Waals surface area contributed by atoms with Crippen molar-refractivity contribution in [2.45, 2.75) is 277 Å². The molecule has 0 aromatic rings. The number of carbonyl (C=O) groups excluding carboxylic acids is 3. The van der Waals surface area contributed by atoms with Gasteiger partial charge in [0.15, 0.2) is 6.10 Å². The van der Waals surface area contributed by atoms with E-state index in [4.69, 9.17) is 14.2 Å². The molecule has 0 N–H and O–H groups in total. The molecular formula is C56H100O6. The van der Waals surface area contributed by atoms with Crippen LogP contribution in [0, 0.1) is 0 Å². The van der Waals surface area contributed by atoms with Crippen LogP contribution in [0.3, 0.4) is 0 Å². The number of rotatable bonds is 48. The van der Waals surface area contributed by atoms with Crippen LogP contribution >= 0.6 is 0 Å². The van der Waals surface area contributed by atoms with E-state index in [2.05, 4.69) is 69.4 Å². The van der Waals surface area contributed by atoms with Gasteiger partial charge in [-0.15, -0.1) is 0 Å². The second-order valence-electron chi connectivity index (χ2n) is 17.8. The molecule has 6 heteroatoms. The molecule has 0 radical (unpaired) electrons. The number of hydrogen-bond donors (Lipinski definition) is 0. The maximum Gasteiger partial charge on any atom is 0.306 e. The summed E-state index contributed by atoms with van der Waals surface area (Å²) in [5, 5.41) is 0. The molecule has 1 unspecified atom stereocenters. The second-order valence-corrected chi connectivity index (χ2v) is 17.8. The summed E-state index contributed by atoms with van der Waals surface area (Å²) in [6.07, 6.45) is 61.0. The van der Waals surface area contributed by atoms with Gasteiger partial charge in [-0.1, -0.05) is 223 Å². The average molecular weight is 869 g/mol. The van der Waals surface area contributed by atoms with Gasteiger partial charge in [0, 0.05) is 19.3 Å². The first-order valence-corrected chi connectivity index (χ1v) is 26.6. The minimum absolute atomic E-state index is 0.0880. The Hall–Kier alpha value is -2.63. The van der Waals surface area contributed by atoms with Gasteiger partial charge >= 0.3 is 17.9 Å². The van der Waals surface area contributed by atoms with E-state index < -0.39 is 6.10 Å². The summed E-state index contributed by atoms with van der Waals surface area (Å²) in [4.78, 5) is 38.0. The van der Waals surface area contributed by atoms with E-state index in [0.717, 1.165) is 57.8 Å². The van der Waals surface area contributed by atoms with E-state index in [-0.39, 0.29) is 31.1 Å². The zero-order valence-electron chi connectivity index (χ0n) is 41.1. The highest BCUT2D eigenvalue weighted by molar-refractivity contribution is 5.71. The molecule has 0 saturated carbocycles. The van der Waals surface area contributed by atoms with E-state index in [1.165, 1.54) is 167 Å². The van der Waals surface area contributed by atoms with Crippen molar-refractivity contribution in [2.75, 3.05) is 13.2 Å². The molecule has 0 fully saturated rings. The molecule has 6 nitrogen and oxygen atoms in total. The Balaban J connectivity index is 4.43. The highest BCUT2D eigenvalue weighted by Gasteiger charge is 2.19. The Labute approximate surface area is 384 Å². The molecule has 0 aromatic heterocycles. The van der Waals surface area contributed by atoms with Crippen LogP contribution in [0.1, 0.15) is 271 Å². The van der Waals surface area contributed by atoms with E-state index >= 15 is 0 Å². The lowest BCUT2D eigenvalue weighted by molar-refractivity contribution is -0.167. The number of hydrogen-bond acceptors (Lipinski definition) is 6. The molecule has 0 aliphatic carbocycles. The standard InChI is InChI=1S/C56H100O6/c1-4-7-10-13-16-19-22-25-27-28-30-31-34-37-40-43-46-49-55(58)61-52-53(51-60-54(57)48-45-42-39-36-33-24-21-18-15-12-9-6-3)62-56(59)50-47-44-41-38-35-32-29-26-23-20-17-14-11-8-5-2/h20,23,25,27,30-31,37,40,53H,4-19,21-22,24,26,28-29,32-36,38-39,41-52H2,1-3H3/b23-20-,27-25-,31-30-,40-37-. The molecule has 1 atom stereocenters. The fourth-order valence-corrected chi connectivity index (χ4v) is 7.51. The van der Waals surface area contributed by atoms with Gasteiger partial charge in [0.1, 0.15) is 13.2 Å². The monoisotopic (exact) mass is 869 g/mol. The van der Waals surface area contributed by atoms with E-state index in [0.29, 0.717) is 25.7 Å². The number of ether oxygens (including phenoxy) is 3. The number of unbranched alkanes of at least 4 members (excludes halogenated alkanes) is 29. The fraction of sp³-hybridized carbons (Fsp3) is 0.804. The lowest BCUT2D eigenvalue weighted by Crippen LogP contribution is -2.30. The van der Waals surface area contributed by atoms with Gasteiger partial charge in [0.25, 0.3) is 0 Å². The zero-order chi connectivity index (χ0) is 45.1. The molecule has 0 saturated heterocycles. The predicted octanol–water partition coefficient (Wildman–Crippen LogP) is 17.5. The van der Waals surface area contributed by atoms with Crippen LogP contribution in [-0.2, 0) is 28.6 Å². The Kier molecular flexibility index (Phi) is 48.8. The maximum atomic E-state index is 12.8. The molecule has 0 aromatic carbocycles. The molecule has 0 heterocycles. The molecule has 0 aliphatic heterocycles. The number of esters is 3. The first kappa shape index (κ1) is 59.4. The Morgan fingerprint density at radius 1 is 0.323 bits per heavy atom. The Morgan fingerprint density at radius 2 is 0.597 bits per heavy atom.